The Morgan fingerprint density at radius 1 is 0.925 bits per heavy atom. The molecule has 40 heavy (non-hydrogen) atoms. The van der Waals surface area contributed by atoms with Crippen LogP contribution in [0.2, 0.25) is 0 Å². The first-order valence-electron chi connectivity index (χ1n) is 13.5. The molecule has 234 valence electrons. The molecule has 0 spiro atoms. The number of hydrogen-bond donors (Lipinski definition) is 12. The van der Waals surface area contributed by atoms with E-state index in [1.165, 1.54) is 0 Å². The summed E-state index contributed by atoms with van der Waals surface area (Å²) in [6.07, 6.45) is -13.0. The Kier molecular flexibility index (Phi) is 12.4. The van der Waals surface area contributed by atoms with Crippen LogP contribution >= 0.6 is 0 Å². The van der Waals surface area contributed by atoms with Crippen LogP contribution in [0.5, 0.6) is 0 Å². The number of aliphatic hydroxyl groups is 6. The molecule has 2 aliphatic heterocycles. The van der Waals surface area contributed by atoms with Gasteiger partial charge in [-0.2, -0.15) is 0 Å². The Morgan fingerprint density at radius 3 is 2.23 bits per heavy atom. The lowest BCUT2D eigenvalue weighted by Gasteiger charge is -2.48. The van der Waals surface area contributed by atoms with Gasteiger partial charge in [0.15, 0.2) is 12.6 Å². The van der Waals surface area contributed by atoms with Crippen LogP contribution in [0.4, 0.5) is 0 Å². The average molecular weight is 583 g/mol. The van der Waals surface area contributed by atoms with E-state index in [0.717, 1.165) is 0 Å². The minimum atomic E-state index is -1.58. The van der Waals surface area contributed by atoms with Crippen LogP contribution in [0, 0.1) is 0 Å². The van der Waals surface area contributed by atoms with E-state index in [4.69, 9.17) is 47.6 Å². The summed E-state index contributed by atoms with van der Waals surface area (Å²) < 4.78 is 23.3. The van der Waals surface area contributed by atoms with Gasteiger partial charge in [0.1, 0.15) is 42.7 Å². The molecule has 2 heterocycles. The third-order valence-corrected chi connectivity index (χ3v) is 7.72. The van der Waals surface area contributed by atoms with Gasteiger partial charge in [0.25, 0.3) is 0 Å². The number of carbonyl (C=O) groups is 1. The first kappa shape index (κ1) is 33.4. The molecular formula is C23H46N6O11. The van der Waals surface area contributed by atoms with Crippen LogP contribution in [-0.4, -0.2) is 148 Å². The second-order valence-electron chi connectivity index (χ2n) is 10.7. The lowest BCUT2D eigenvalue weighted by atomic mass is 9.83. The number of carbonyl (C=O) groups excluding carboxylic acids is 1. The summed E-state index contributed by atoms with van der Waals surface area (Å²) in [5, 5.41) is 64.6. The third kappa shape index (κ3) is 7.63. The van der Waals surface area contributed by atoms with Crippen molar-refractivity contribution in [3.8, 4) is 0 Å². The van der Waals surface area contributed by atoms with Crippen molar-refractivity contribution in [2.24, 2.45) is 28.7 Å². The van der Waals surface area contributed by atoms with Gasteiger partial charge in [-0.05, 0) is 32.2 Å². The van der Waals surface area contributed by atoms with Gasteiger partial charge in [-0.25, -0.2) is 0 Å². The summed E-state index contributed by atoms with van der Waals surface area (Å²) in [5.74, 6) is -0.787. The van der Waals surface area contributed by atoms with Crippen LogP contribution in [-0.2, 0) is 23.7 Å². The number of ether oxygens (including phenoxy) is 4. The van der Waals surface area contributed by atoms with Crippen LogP contribution in [0.1, 0.15) is 25.7 Å². The van der Waals surface area contributed by atoms with Gasteiger partial charge in [0, 0.05) is 12.6 Å². The second kappa shape index (κ2) is 14.9. The minimum absolute atomic E-state index is 0.0213. The predicted molar refractivity (Wildman–Crippen MR) is 137 cm³/mol. The maximum absolute atomic E-state index is 12.6. The van der Waals surface area contributed by atoms with Gasteiger partial charge in [-0.15, -0.1) is 0 Å². The van der Waals surface area contributed by atoms with E-state index in [0.29, 0.717) is 12.8 Å². The van der Waals surface area contributed by atoms with E-state index in [2.05, 4.69) is 5.32 Å². The summed E-state index contributed by atoms with van der Waals surface area (Å²) in [5.41, 5.74) is 29.4. The molecule has 1 saturated carbocycles. The van der Waals surface area contributed by atoms with Crippen LogP contribution in [0.15, 0.2) is 0 Å². The Bertz CT molecular complexity index is 802. The SMILES string of the molecule is NCC[C@H](O)C(=O)N[C@@H]1C[C@H](N)C(O[C@H]2OC(C(O)CN)CCC2N)C(O)[C@H]1O[C@H]1OC(CO)[C@@H](O)[C@H](N)C1O. The molecule has 17 N–H and O–H groups in total. The lowest BCUT2D eigenvalue weighted by Crippen LogP contribution is -2.69. The van der Waals surface area contributed by atoms with Gasteiger partial charge in [-0.1, -0.05) is 0 Å². The summed E-state index contributed by atoms with van der Waals surface area (Å²) >= 11 is 0. The Morgan fingerprint density at radius 2 is 1.60 bits per heavy atom. The second-order valence-corrected chi connectivity index (χ2v) is 10.7. The number of rotatable bonds is 11. The highest BCUT2D eigenvalue weighted by atomic mass is 16.7. The van der Waals surface area contributed by atoms with E-state index >= 15 is 0 Å². The van der Waals surface area contributed by atoms with Crippen LogP contribution < -0.4 is 34.0 Å². The van der Waals surface area contributed by atoms with Crippen molar-refractivity contribution >= 4 is 5.91 Å². The van der Waals surface area contributed by atoms with Crippen LogP contribution in [0.3, 0.4) is 0 Å². The molecule has 0 radical (unpaired) electrons. The first-order valence-corrected chi connectivity index (χ1v) is 13.5. The third-order valence-electron chi connectivity index (χ3n) is 7.72. The van der Waals surface area contributed by atoms with E-state index in [1.807, 2.05) is 0 Å². The highest BCUT2D eigenvalue weighted by Gasteiger charge is 2.51. The topological polar surface area (TPSA) is 318 Å². The molecule has 3 aliphatic rings. The van der Waals surface area contributed by atoms with Gasteiger partial charge in [-0.3, -0.25) is 4.79 Å². The van der Waals surface area contributed by atoms with Crippen molar-refractivity contribution < 1.29 is 54.4 Å². The molecule has 3 rings (SSSR count). The molecular weight excluding hydrogens is 536 g/mol. The van der Waals surface area contributed by atoms with Gasteiger partial charge >= 0.3 is 0 Å². The molecule has 0 aromatic carbocycles. The maximum Gasteiger partial charge on any atom is 0.249 e. The van der Waals surface area contributed by atoms with Crippen molar-refractivity contribution in [1.82, 2.24) is 5.32 Å². The standard InChI is InChI=1S/C23H46N6O11/c24-4-3-11(31)21(36)29-10-5-9(27)19(39-22-8(26)1-2-13(37-22)12(32)6-25)18(35)20(10)40-23-17(34)15(28)16(33)14(7-30)38-23/h8-20,22-23,30-35H,1-7,24-28H2,(H,29,36)/t8?,9-,10+,11-,12?,13?,14?,15-,16+,17?,18?,19?,20-,22+,23+/m0/s1. The predicted octanol–water partition coefficient (Wildman–Crippen LogP) is -7.04. The molecule has 0 aromatic rings. The normalized spacial score (nSPS) is 44.1. The van der Waals surface area contributed by atoms with Gasteiger partial charge in [0.2, 0.25) is 5.91 Å². The Balaban J connectivity index is 1.82. The lowest BCUT2D eigenvalue weighted by molar-refractivity contribution is -0.315. The van der Waals surface area contributed by atoms with Crippen molar-refractivity contribution in [1.29, 1.82) is 0 Å². The van der Waals surface area contributed by atoms with E-state index in [9.17, 15) is 35.4 Å². The Hall–Kier alpha value is -1.13. The molecule has 17 nitrogen and oxygen atoms in total. The highest BCUT2D eigenvalue weighted by molar-refractivity contribution is 5.80. The highest BCUT2D eigenvalue weighted by Crippen LogP contribution is 2.32. The van der Waals surface area contributed by atoms with Gasteiger partial charge < -0.3 is 83.6 Å². The summed E-state index contributed by atoms with van der Waals surface area (Å²) in [6, 6.07) is -3.78. The van der Waals surface area contributed by atoms with E-state index in [-0.39, 0.29) is 25.9 Å². The molecule has 0 bridgehead atoms. The zero-order chi connectivity index (χ0) is 29.7. The van der Waals surface area contributed by atoms with Crippen molar-refractivity contribution in [2.45, 2.75) is 117 Å². The fourth-order valence-corrected chi connectivity index (χ4v) is 5.25. The molecule has 1 amide bonds. The number of amides is 1. The zero-order valence-corrected chi connectivity index (χ0v) is 22.2. The molecule has 15 atom stereocenters. The number of nitrogens with one attached hydrogen (secondary N) is 1. The number of hydrogen-bond acceptors (Lipinski definition) is 16. The van der Waals surface area contributed by atoms with Gasteiger partial charge in [0.05, 0.1) is 36.9 Å². The molecule has 7 unspecified atom stereocenters. The number of nitrogens with two attached hydrogens (primary N) is 5. The Labute approximate surface area is 231 Å². The fourth-order valence-electron chi connectivity index (χ4n) is 5.25. The smallest absolute Gasteiger partial charge is 0.249 e. The van der Waals surface area contributed by atoms with E-state index < -0.39 is 104 Å². The molecule has 0 aromatic heterocycles. The largest absolute Gasteiger partial charge is 0.394 e. The van der Waals surface area contributed by atoms with Crippen molar-refractivity contribution in [3.05, 3.63) is 0 Å². The minimum Gasteiger partial charge on any atom is -0.394 e. The molecule has 1 aliphatic carbocycles. The fraction of sp³-hybridized carbons (Fsp3) is 0.957. The first-order chi connectivity index (χ1) is 18.9. The molecule has 17 heteroatoms. The number of aliphatic hydroxyl groups excluding tert-OH is 6. The summed E-state index contributed by atoms with van der Waals surface area (Å²) in [4.78, 5) is 12.6. The zero-order valence-electron chi connectivity index (χ0n) is 22.2. The van der Waals surface area contributed by atoms with Crippen LogP contribution in [0.25, 0.3) is 0 Å². The van der Waals surface area contributed by atoms with Crippen molar-refractivity contribution in [3.63, 3.8) is 0 Å². The summed E-state index contributed by atoms with van der Waals surface area (Å²) in [7, 11) is 0. The summed E-state index contributed by atoms with van der Waals surface area (Å²) in [6.45, 7) is -0.631. The average Bonchev–Trinajstić information content (AvgIpc) is 2.93. The quantitative estimate of drug-likeness (QED) is 0.108. The van der Waals surface area contributed by atoms with Crippen molar-refractivity contribution in [2.75, 3.05) is 19.7 Å². The monoisotopic (exact) mass is 582 g/mol. The van der Waals surface area contributed by atoms with E-state index in [1.54, 1.807) is 0 Å². The molecule has 2 saturated heterocycles. The molecule has 3 fully saturated rings. The maximum atomic E-state index is 12.6.